The lowest BCUT2D eigenvalue weighted by atomic mass is 9.93. The summed E-state index contributed by atoms with van der Waals surface area (Å²) in [7, 11) is 0. The highest BCUT2D eigenvalue weighted by Gasteiger charge is 2.25. The molecule has 0 bridgehead atoms. The van der Waals surface area contributed by atoms with Crippen molar-refractivity contribution in [3.63, 3.8) is 0 Å². The van der Waals surface area contributed by atoms with E-state index >= 15 is 0 Å². The van der Waals surface area contributed by atoms with Crippen molar-refractivity contribution in [2.24, 2.45) is 5.92 Å². The molecule has 1 unspecified atom stereocenters. The molecule has 1 heterocycles. The summed E-state index contributed by atoms with van der Waals surface area (Å²) in [6.07, 6.45) is 5.50. The van der Waals surface area contributed by atoms with Gasteiger partial charge in [0.2, 0.25) is 0 Å². The van der Waals surface area contributed by atoms with E-state index in [4.69, 9.17) is 4.98 Å². The van der Waals surface area contributed by atoms with Gasteiger partial charge in [-0.25, -0.2) is 4.98 Å². The summed E-state index contributed by atoms with van der Waals surface area (Å²) < 4.78 is 0. The number of fused-ring (bicyclic) bond motifs is 1. The molecule has 2 N–H and O–H groups in total. The van der Waals surface area contributed by atoms with Crippen LogP contribution in [0, 0.1) is 5.92 Å². The van der Waals surface area contributed by atoms with Crippen LogP contribution in [-0.2, 0) is 19.4 Å². The summed E-state index contributed by atoms with van der Waals surface area (Å²) in [6.45, 7) is 7.56. The average Bonchev–Trinajstić information content (AvgIpc) is 2.83. The van der Waals surface area contributed by atoms with E-state index in [2.05, 4.69) is 26.1 Å². The molecule has 3 nitrogen and oxygen atoms in total. The van der Waals surface area contributed by atoms with E-state index < -0.39 is 0 Å². The molecule has 2 rings (SSSR count). The number of aliphatic hydroxyl groups is 1. The van der Waals surface area contributed by atoms with Crippen LogP contribution in [0.1, 0.15) is 55.6 Å². The van der Waals surface area contributed by atoms with Gasteiger partial charge in [-0.15, -0.1) is 11.3 Å². The van der Waals surface area contributed by atoms with E-state index in [1.807, 2.05) is 11.3 Å². The molecule has 0 saturated heterocycles. The van der Waals surface area contributed by atoms with Crippen LogP contribution in [0.3, 0.4) is 0 Å². The van der Waals surface area contributed by atoms with E-state index in [0.29, 0.717) is 0 Å². The molecule has 0 fully saturated rings. The molecule has 0 radical (unpaired) electrons. The van der Waals surface area contributed by atoms with Crippen LogP contribution >= 0.6 is 11.3 Å². The Morgan fingerprint density at radius 1 is 1.42 bits per heavy atom. The van der Waals surface area contributed by atoms with Crippen molar-refractivity contribution < 1.29 is 5.11 Å². The number of nitrogens with one attached hydrogen (secondary N) is 1. The average molecular weight is 282 g/mol. The fourth-order valence-corrected chi connectivity index (χ4v) is 3.93. The van der Waals surface area contributed by atoms with Gasteiger partial charge in [-0.2, -0.15) is 0 Å². The van der Waals surface area contributed by atoms with Crippen molar-refractivity contribution in [2.45, 2.75) is 65.0 Å². The smallest absolute Gasteiger partial charge is 0.107 e. The van der Waals surface area contributed by atoms with Gasteiger partial charge in [0.1, 0.15) is 5.01 Å². The van der Waals surface area contributed by atoms with Crippen molar-refractivity contribution in [2.75, 3.05) is 6.61 Å². The van der Waals surface area contributed by atoms with Gasteiger partial charge in [0, 0.05) is 17.0 Å². The molecular weight excluding hydrogens is 256 g/mol. The molecule has 108 valence electrons. The van der Waals surface area contributed by atoms with Gasteiger partial charge in [0.25, 0.3) is 0 Å². The molecule has 19 heavy (non-hydrogen) atoms. The zero-order valence-electron chi connectivity index (χ0n) is 12.3. The van der Waals surface area contributed by atoms with Gasteiger partial charge in [-0.1, -0.05) is 20.8 Å². The van der Waals surface area contributed by atoms with Gasteiger partial charge in [0.15, 0.2) is 0 Å². The van der Waals surface area contributed by atoms with Crippen LogP contribution in [0.15, 0.2) is 0 Å². The van der Waals surface area contributed by atoms with E-state index in [-0.39, 0.29) is 12.1 Å². The molecule has 0 saturated carbocycles. The molecular formula is C15H26N2OS. The first kappa shape index (κ1) is 14.9. The second-order valence-corrected chi connectivity index (χ2v) is 6.99. The molecule has 1 aromatic heterocycles. The lowest BCUT2D eigenvalue weighted by molar-refractivity contribution is 0.149. The van der Waals surface area contributed by atoms with Crippen LogP contribution in [-0.4, -0.2) is 22.2 Å². The van der Waals surface area contributed by atoms with Gasteiger partial charge in [-0.3, -0.25) is 0 Å². The summed E-state index contributed by atoms with van der Waals surface area (Å²) in [5, 5.41) is 14.3. The maximum atomic E-state index is 9.57. The van der Waals surface area contributed by atoms with Crippen molar-refractivity contribution in [1.82, 2.24) is 10.3 Å². The van der Waals surface area contributed by atoms with E-state index in [9.17, 15) is 5.11 Å². The maximum Gasteiger partial charge on any atom is 0.107 e. The summed E-state index contributed by atoms with van der Waals surface area (Å²) in [5.74, 6) is 0.802. The Hall–Kier alpha value is -0.450. The number of aliphatic hydroxyl groups excluding tert-OH is 1. The minimum atomic E-state index is -0.139. The number of hydrogen-bond acceptors (Lipinski definition) is 4. The lowest BCUT2D eigenvalue weighted by Gasteiger charge is -2.30. The Balaban J connectivity index is 2.00. The van der Waals surface area contributed by atoms with Crippen molar-refractivity contribution >= 4 is 11.3 Å². The first-order valence-electron chi connectivity index (χ1n) is 7.45. The molecule has 1 aliphatic carbocycles. The Bertz CT molecular complexity index is 404. The Morgan fingerprint density at radius 2 is 2.16 bits per heavy atom. The third-order valence-electron chi connectivity index (χ3n) is 4.50. The van der Waals surface area contributed by atoms with Gasteiger partial charge >= 0.3 is 0 Å². The number of aryl methyl sites for hydroxylation is 1. The highest BCUT2D eigenvalue weighted by molar-refractivity contribution is 7.11. The summed E-state index contributed by atoms with van der Waals surface area (Å²) in [5.41, 5.74) is 1.18. The third-order valence-corrected chi connectivity index (χ3v) is 5.62. The Morgan fingerprint density at radius 3 is 2.79 bits per heavy atom. The fraction of sp³-hybridized carbons (Fsp3) is 0.800. The van der Waals surface area contributed by atoms with Crippen molar-refractivity contribution in [3.8, 4) is 0 Å². The minimum Gasteiger partial charge on any atom is -0.394 e. The van der Waals surface area contributed by atoms with Crippen LogP contribution in [0.5, 0.6) is 0 Å². The Kier molecular flexibility index (Phi) is 4.98. The second kappa shape index (κ2) is 6.33. The number of rotatable bonds is 6. The SMILES string of the molecule is CCC(CC)(CO)NCc1nc2c(s1)CC(C)CC2. The second-order valence-electron chi connectivity index (χ2n) is 5.82. The Labute approximate surface area is 120 Å². The topological polar surface area (TPSA) is 45.1 Å². The quantitative estimate of drug-likeness (QED) is 0.843. The number of hydrogen-bond donors (Lipinski definition) is 2. The van der Waals surface area contributed by atoms with Crippen LogP contribution in [0.25, 0.3) is 0 Å². The highest BCUT2D eigenvalue weighted by atomic mass is 32.1. The predicted octanol–water partition coefficient (Wildman–Crippen LogP) is 2.91. The van der Waals surface area contributed by atoms with Gasteiger partial charge < -0.3 is 10.4 Å². The summed E-state index contributed by atoms with van der Waals surface area (Å²) in [4.78, 5) is 6.25. The largest absolute Gasteiger partial charge is 0.394 e. The molecule has 0 aromatic carbocycles. The molecule has 0 aliphatic heterocycles. The van der Waals surface area contributed by atoms with Crippen LogP contribution < -0.4 is 5.32 Å². The third kappa shape index (κ3) is 3.36. The van der Waals surface area contributed by atoms with Gasteiger partial charge in [-0.05, 0) is 38.0 Å². The zero-order chi connectivity index (χ0) is 13.9. The molecule has 4 heteroatoms. The highest BCUT2D eigenvalue weighted by Crippen LogP contribution is 2.30. The summed E-state index contributed by atoms with van der Waals surface area (Å²) in [6, 6.07) is 0. The first-order valence-corrected chi connectivity index (χ1v) is 8.27. The lowest BCUT2D eigenvalue weighted by Crippen LogP contribution is -2.47. The number of nitrogens with zero attached hydrogens (tertiary/aromatic N) is 1. The fourth-order valence-electron chi connectivity index (χ4n) is 2.71. The maximum absolute atomic E-state index is 9.57. The first-order chi connectivity index (χ1) is 9.12. The summed E-state index contributed by atoms with van der Waals surface area (Å²) >= 11 is 1.86. The monoisotopic (exact) mass is 282 g/mol. The molecule has 0 spiro atoms. The zero-order valence-corrected chi connectivity index (χ0v) is 13.1. The molecule has 1 aromatic rings. The minimum absolute atomic E-state index is 0.139. The van der Waals surface area contributed by atoms with Crippen LogP contribution in [0.4, 0.5) is 0 Å². The molecule has 1 atom stereocenters. The molecule has 1 aliphatic rings. The molecule has 0 amide bonds. The van der Waals surface area contributed by atoms with E-state index in [0.717, 1.165) is 31.7 Å². The number of aromatic nitrogens is 1. The van der Waals surface area contributed by atoms with Crippen molar-refractivity contribution in [1.29, 1.82) is 0 Å². The normalized spacial score (nSPS) is 19.5. The van der Waals surface area contributed by atoms with Gasteiger partial charge in [0.05, 0.1) is 12.3 Å². The predicted molar refractivity (Wildman–Crippen MR) is 80.5 cm³/mol. The number of thiazole rings is 1. The van der Waals surface area contributed by atoms with E-state index in [1.165, 1.54) is 28.4 Å². The van der Waals surface area contributed by atoms with Crippen molar-refractivity contribution in [3.05, 3.63) is 15.6 Å². The van der Waals surface area contributed by atoms with E-state index in [1.54, 1.807) is 0 Å². The van der Waals surface area contributed by atoms with Crippen LogP contribution in [0.2, 0.25) is 0 Å². The standard InChI is InChI=1S/C15H26N2OS/c1-4-15(5-2,10-18)16-9-14-17-12-7-6-11(3)8-13(12)19-14/h11,16,18H,4-10H2,1-3H3.